The number of phenolic OH excluding ortho intramolecular Hbond substituents is 1. The SMILES string of the molecule is Cc1nc(C)c(/C=C(/NC(=O)c2ccc(C(=O)NCc3cccc(O)c3)cc2Cl)C(=O)O)s1. The molecule has 1 aromatic heterocycles. The molecule has 0 atom stereocenters. The number of benzene rings is 2. The molecule has 0 saturated carbocycles. The largest absolute Gasteiger partial charge is 0.508 e. The highest BCUT2D eigenvalue weighted by molar-refractivity contribution is 7.12. The molecule has 0 spiro atoms. The maximum atomic E-state index is 12.6. The monoisotopic (exact) mass is 485 g/mol. The van der Waals surface area contributed by atoms with Gasteiger partial charge in [0.25, 0.3) is 11.8 Å². The molecule has 1 heterocycles. The van der Waals surface area contributed by atoms with E-state index in [0.717, 1.165) is 5.01 Å². The summed E-state index contributed by atoms with van der Waals surface area (Å²) in [4.78, 5) is 41.5. The van der Waals surface area contributed by atoms with Crippen molar-refractivity contribution in [3.63, 3.8) is 0 Å². The van der Waals surface area contributed by atoms with Gasteiger partial charge in [-0.3, -0.25) is 9.59 Å². The molecule has 0 unspecified atom stereocenters. The third-order valence-corrected chi connectivity index (χ3v) is 5.87. The zero-order chi connectivity index (χ0) is 24.1. The smallest absolute Gasteiger partial charge is 0.352 e. The number of amides is 2. The van der Waals surface area contributed by atoms with Crippen LogP contribution in [0.2, 0.25) is 5.02 Å². The van der Waals surface area contributed by atoms with Gasteiger partial charge in [-0.1, -0.05) is 23.7 Å². The number of carboxylic acid groups (broad SMARTS) is 1. The lowest BCUT2D eigenvalue weighted by molar-refractivity contribution is -0.132. The van der Waals surface area contributed by atoms with Crippen LogP contribution in [0.4, 0.5) is 0 Å². The van der Waals surface area contributed by atoms with E-state index in [2.05, 4.69) is 15.6 Å². The van der Waals surface area contributed by atoms with Gasteiger partial charge in [0.1, 0.15) is 11.4 Å². The normalized spacial score (nSPS) is 11.2. The van der Waals surface area contributed by atoms with E-state index >= 15 is 0 Å². The predicted octanol–water partition coefficient (Wildman–Crippen LogP) is 3.90. The van der Waals surface area contributed by atoms with E-state index < -0.39 is 17.8 Å². The maximum absolute atomic E-state index is 12.6. The number of aromatic hydroxyl groups is 1. The van der Waals surface area contributed by atoms with E-state index in [1.807, 2.05) is 0 Å². The van der Waals surface area contributed by atoms with Gasteiger partial charge in [-0.15, -0.1) is 11.3 Å². The lowest BCUT2D eigenvalue weighted by Crippen LogP contribution is -2.28. The highest BCUT2D eigenvalue weighted by Crippen LogP contribution is 2.22. The first-order chi connectivity index (χ1) is 15.6. The van der Waals surface area contributed by atoms with Gasteiger partial charge in [-0.2, -0.15) is 0 Å². The van der Waals surface area contributed by atoms with Crippen LogP contribution in [0.5, 0.6) is 5.75 Å². The number of carboxylic acids is 1. The summed E-state index contributed by atoms with van der Waals surface area (Å²) in [5.41, 5.74) is 1.29. The Balaban J connectivity index is 1.72. The van der Waals surface area contributed by atoms with Crippen LogP contribution in [0, 0.1) is 13.8 Å². The third kappa shape index (κ3) is 6.18. The molecule has 0 aliphatic carbocycles. The van der Waals surface area contributed by atoms with Crippen molar-refractivity contribution in [3.05, 3.63) is 85.5 Å². The van der Waals surface area contributed by atoms with E-state index in [1.165, 1.54) is 47.7 Å². The Morgan fingerprint density at radius 1 is 1.12 bits per heavy atom. The number of rotatable bonds is 7. The molecule has 4 N–H and O–H groups in total. The number of hydrogen-bond acceptors (Lipinski definition) is 6. The Hall–Kier alpha value is -3.69. The maximum Gasteiger partial charge on any atom is 0.352 e. The van der Waals surface area contributed by atoms with Crippen molar-refractivity contribution in [2.75, 3.05) is 0 Å². The molecule has 33 heavy (non-hydrogen) atoms. The molecular weight excluding hydrogens is 466 g/mol. The van der Waals surface area contributed by atoms with Crippen molar-refractivity contribution in [1.82, 2.24) is 15.6 Å². The van der Waals surface area contributed by atoms with Gasteiger partial charge in [0.05, 0.1) is 26.2 Å². The Morgan fingerprint density at radius 2 is 1.88 bits per heavy atom. The number of halogens is 1. The van der Waals surface area contributed by atoms with Crippen LogP contribution >= 0.6 is 22.9 Å². The highest BCUT2D eigenvalue weighted by Gasteiger charge is 2.18. The molecule has 2 aromatic carbocycles. The number of aromatic nitrogens is 1. The predicted molar refractivity (Wildman–Crippen MR) is 125 cm³/mol. The summed E-state index contributed by atoms with van der Waals surface area (Å²) in [6.45, 7) is 3.74. The Kier molecular flexibility index (Phi) is 7.47. The Bertz CT molecular complexity index is 1270. The second-order valence-corrected chi connectivity index (χ2v) is 8.69. The summed E-state index contributed by atoms with van der Waals surface area (Å²) in [7, 11) is 0. The minimum atomic E-state index is -1.31. The van der Waals surface area contributed by atoms with Crippen LogP contribution in [-0.4, -0.2) is 33.0 Å². The van der Waals surface area contributed by atoms with E-state index in [1.54, 1.807) is 26.0 Å². The van der Waals surface area contributed by atoms with E-state index in [0.29, 0.717) is 16.1 Å². The van der Waals surface area contributed by atoms with Crippen LogP contribution < -0.4 is 10.6 Å². The summed E-state index contributed by atoms with van der Waals surface area (Å²) in [5, 5.41) is 24.8. The molecule has 0 radical (unpaired) electrons. The Morgan fingerprint density at radius 3 is 2.48 bits per heavy atom. The van der Waals surface area contributed by atoms with Crippen LogP contribution in [0.15, 0.2) is 48.2 Å². The zero-order valence-electron chi connectivity index (χ0n) is 17.7. The number of aliphatic carboxylic acids is 1. The summed E-state index contributed by atoms with van der Waals surface area (Å²) in [6, 6.07) is 10.6. The Labute approximate surface area is 198 Å². The average molecular weight is 486 g/mol. The second kappa shape index (κ2) is 10.3. The van der Waals surface area contributed by atoms with Crippen molar-refractivity contribution < 1.29 is 24.6 Å². The molecule has 0 saturated heterocycles. The lowest BCUT2D eigenvalue weighted by Gasteiger charge is -2.10. The number of carbonyl (C=O) groups is 3. The topological polar surface area (TPSA) is 129 Å². The highest BCUT2D eigenvalue weighted by atomic mass is 35.5. The molecule has 10 heteroatoms. The fourth-order valence-corrected chi connectivity index (χ4v) is 4.08. The molecule has 2 amide bonds. The molecule has 0 aliphatic heterocycles. The standard InChI is InChI=1S/C23H20ClN3O5S/c1-12-20(33-13(2)26-12)10-19(23(31)32)27-22(30)17-7-6-15(9-18(17)24)21(29)25-11-14-4-3-5-16(28)8-14/h3-10,28H,11H2,1-2H3,(H,25,29)(H,27,30)(H,31,32)/b19-10+. The van der Waals surface area contributed by atoms with Gasteiger partial charge in [0, 0.05) is 12.1 Å². The fourth-order valence-electron chi connectivity index (χ4n) is 2.94. The van der Waals surface area contributed by atoms with Crippen molar-refractivity contribution in [1.29, 1.82) is 0 Å². The van der Waals surface area contributed by atoms with Gasteiger partial charge >= 0.3 is 5.97 Å². The van der Waals surface area contributed by atoms with E-state index in [4.69, 9.17) is 11.6 Å². The molecule has 3 aromatic rings. The first kappa shape index (κ1) is 24.0. The molecule has 0 bridgehead atoms. The number of phenols is 1. The fraction of sp³-hybridized carbons (Fsp3) is 0.130. The zero-order valence-corrected chi connectivity index (χ0v) is 19.3. The van der Waals surface area contributed by atoms with Crippen molar-refractivity contribution in [2.45, 2.75) is 20.4 Å². The van der Waals surface area contributed by atoms with E-state index in [9.17, 15) is 24.6 Å². The number of thiazole rings is 1. The minimum absolute atomic E-state index is 0.00735. The number of hydrogen-bond donors (Lipinski definition) is 4. The van der Waals surface area contributed by atoms with Gasteiger partial charge in [0.15, 0.2) is 0 Å². The molecule has 8 nitrogen and oxygen atoms in total. The molecule has 0 fully saturated rings. The quantitative estimate of drug-likeness (QED) is 0.376. The first-order valence-corrected chi connectivity index (χ1v) is 10.9. The van der Waals surface area contributed by atoms with Crippen LogP contribution in [0.25, 0.3) is 6.08 Å². The molecule has 3 rings (SSSR count). The molecule has 0 aliphatic rings. The van der Waals surface area contributed by atoms with Gasteiger partial charge < -0.3 is 20.8 Å². The van der Waals surface area contributed by atoms with Crippen LogP contribution in [-0.2, 0) is 11.3 Å². The third-order valence-electron chi connectivity index (χ3n) is 4.53. The molecule has 170 valence electrons. The number of aryl methyl sites for hydroxylation is 2. The van der Waals surface area contributed by atoms with Crippen LogP contribution in [0.1, 0.15) is 41.9 Å². The summed E-state index contributed by atoms with van der Waals surface area (Å²) in [6.07, 6.45) is 1.34. The van der Waals surface area contributed by atoms with Gasteiger partial charge in [0.2, 0.25) is 0 Å². The number of carbonyl (C=O) groups excluding carboxylic acids is 2. The number of nitrogens with zero attached hydrogens (tertiary/aromatic N) is 1. The van der Waals surface area contributed by atoms with Gasteiger partial charge in [-0.25, -0.2) is 9.78 Å². The number of nitrogens with one attached hydrogen (secondary N) is 2. The van der Waals surface area contributed by atoms with Crippen LogP contribution in [0.3, 0.4) is 0 Å². The summed E-state index contributed by atoms with van der Waals surface area (Å²) >= 11 is 7.52. The van der Waals surface area contributed by atoms with Crippen molar-refractivity contribution in [3.8, 4) is 5.75 Å². The van der Waals surface area contributed by atoms with Crippen molar-refractivity contribution >= 4 is 46.8 Å². The average Bonchev–Trinajstić information content (AvgIpc) is 3.07. The van der Waals surface area contributed by atoms with E-state index in [-0.39, 0.29) is 34.1 Å². The summed E-state index contributed by atoms with van der Waals surface area (Å²) < 4.78 is 0. The second-order valence-electron chi connectivity index (χ2n) is 7.05. The summed E-state index contributed by atoms with van der Waals surface area (Å²) in [5.74, 6) is -2.36. The first-order valence-electron chi connectivity index (χ1n) is 9.70. The molecular formula is C23H20ClN3O5S. The van der Waals surface area contributed by atoms with Crippen molar-refractivity contribution in [2.24, 2.45) is 0 Å². The lowest BCUT2D eigenvalue weighted by atomic mass is 10.1. The van der Waals surface area contributed by atoms with Gasteiger partial charge in [-0.05, 0) is 55.8 Å². The minimum Gasteiger partial charge on any atom is -0.508 e.